The molecule has 0 heterocycles. The van der Waals surface area contributed by atoms with E-state index >= 15 is 0 Å². The fourth-order valence-corrected chi connectivity index (χ4v) is 1.61. The molecule has 1 rings (SSSR count). The SMILES string of the molecule is Cc1c(Cl)cc(Br)cc1[N+](=O)[O-]. The molecule has 1 aromatic carbocycles. The molecule has 0 aliphatic carbocycles. The molecule has 0 spiro atoms. The summed E-state index contributed by atoms with van der Waals surface area (Å²) in [7, 11) is 0. The van der Waals surface area contributed by atoms with Gasteiger partial charge in [0.15, 0.2) is 0 Å². The Bertz CT molecular complexity index is 340. The Morgan fingerprint density at radius 2 is 2.17 bits per heavy atom. The van der Waals surface area contributed by atoms with Crippen molar-refractivity contribution in [1.82, 2.24) is 0 Å². The number of halogens is 2. The minimum absolute atomic E-state index is 0.0365. The number of nitrogens with zero attached hydrogens (tertiary/aromatic N) is 1. The maximum atomic E-state index is 10.5. The molecule has 0 aromatic heterocycles. The Morgan fingerprint density at radius 1 is 1.58 bits per heavy atom. The zero-order valence-corrected chi connectivity index (χ0v) is 8.52. The lowest BCUT2D eigenvalue weighted by atomic mass is 10.2. The monoisotopic (exact) mass is 249 g/mol. The van der Waals surface area contributed by atoms with Crippen LogP contribution in [0.25, 0.3) is 0 Å². The van der Waals surface area contributed by atoms with Crippen LogP contribution in [0.4, 0.5) is 5.69 Å². The molecule has 3 nitrogen and oxygen atoms in total. The van der Waals surface area contributed by atoms with Crippen LogP contribution >= 0.6 is 27.5 Å². The highest BCUT2D eigenvalue weighted by Gasteiger charge is 2.13. The molecule has 0 radical (unpaired) electrons. The molecule has 0 fully saturated rings. The fourth-order valence-electron chi connectivity index (χ4n) is 0.822. The van der Waals surface area contributed by atoms with Crippen molar-refractivity contribution in [2.75, 3.05) is 0 Å². The lowest BCUT2D eigenvalue weighted by Crippen LogP contribution is -1.91. The van der Waals surface area contributed by atoms with Gasteiger partial charge in [0.1, 0.15) is 0 Å². The van der Waals surface area contributed by atoms with Crippen molar-refractivity contribution in [3.05, 3.63) is 37.3 Å². The number of benzene rings is 1. The van der Waals surface area contributed by atoms with Gasteiger partial charge in [0.2, 0.25) is 0 Å². The van der Waals surface area contributed by atoms with Crippen molar-refractivity contribution in [2.24, 2.45) is 0 Å². The van der Waals surface area contributed by atoms with Crippen LogP contribution in [0.1, 0.15) is 5.56 Å². The fraction of sp³-hybridized carbons (Fsp3) is 0.143. The lowest BCUT2D eigenvalue weighted by Gasteiger charge is -1.99. The third kappa shape index (κ3) is 1.76. The molecular formula is C7H5BrClNO2. The van der Waals surface area contributed by atoms with Gasteiger partial charge in [-0.05, 0) is 13.0 Å². The molecule has 0 aliphatic heterocycles. The van der Waals surface area contributed by atoms with Crippen LogP contribution in [-0.2, 0) is 0 Å². The zero-order valence-electron chi connectivity index (χ0n) is 6.17. The van der Waals surface area contributed by atoms with Gasteiger partial charge in [0.05, 0.1) is 9.95 Å². The maximum absolute atomic E-state index is 10.5. The Kier molecular flexibility index (Phi) is 2.69. The summed E-state index contributed by atoms with van der Waals surface area (Å²) in [5.41, 5.74) is 0.527. The first kappa shape index (κ1) is 9.48. The van der Waals surface area contributed by atoms with E-state index in [1.54, 1.807) is 13.0 Å². The molecule has 0 saturated heterocycles. The van der Waals surface area contributed by atoms with Gasteiger partial charge in [0, 0.05) is 16.1 Å². The van der Waals surface area contributed by atoms with Crippen LogP contribution in [0, 0.1) is 17.0 Å². The number of hydrogen-bond acceptors (Lipinski definition) is 2. The van der Waals surface area contributed by atoms with Gasteiger partial charge in [-0.25, -0.2) is 0 Å². The summed E-state index contributed by atoms with van der Waals surface area (Å²) in [6, 6.07) is 3.06. The first-order valence-corrected chi connectivity index (χ1v) is 4.29. The summed E-state index contributed by atoms with van der Waals surface area (Å²) in [6.07, 6.45) is 0. The number of nitro benzene ring substituents is 1. The number of nitro groups is 1. The largest absolute Gasteiger partial charge is 0.274 e. The van der Waals surface area contributed by atoms with Crippen LogP contribution in [0.3, 0.4) is 0 Å². The highest BCUT2D eigenvalue weighted by Crippen LogP contribution is 2.29. The van der Waals surface area contributed by atoms with Crippen molar-refractivity contribution in [3.63, 3.8) is 0 Å². The van der Waals surface area contributed by atoms with Crippen molar-refractivity contribution in [3.8, 4) is 0 Å². The maximum Gasteiger partial charge on any atom is 0.274 e. The van der Waals surface area contributed by atoms with E-state index in [2.05, 4.69) is 15.9 Å². The van der Waals surface area contributed by atoms with E-state index in [1.165, 1.54) is 6.07 Å². The predicted molar refractivity (Wildman–Crippen MR) is 50.5 cm³/mol. The average molecular weight is 250 g/mol. The molecule has 0 aliphatic rings. The first-order chi connectivity index (χ1) is 5.52. The Labute approximate surface area is 82.6 Å². The van der Waals surface area contributed by atoms with Crippen LogP contribution in [0.2, 0.25) is 5.02 Å². The summed E-state index contributed by atoms with van der Waals surface area (Å²) in [4.78, 5) is 10.00. The molecule has 5 heteroatoms. The third-order valence-corrected chi connectivity index (χ3v) is 2.33. The molecular weight excluding hydrogens is 245 g/mol. The second kappa shape index (κ2) is 3.41. The van der Waals surface area contributed by atoms with E-state index < -0.39 is 4.92 Å². The van der Waals surface area contributed by atoms with Crippen molar-refractivity contribution in [1.29, 1.82) is 0 Å². The quantitative estimate of drug-likeness (QED) is 0.567. The van der Waals surface area contributed by atoms with Crippen LogP contribution in [-0.4, -0.2) is 4.92 Å². The lowest BCUT2D eigenvalue weighted by molar-refractivity contribution is -0.385. The second-order valence-electron chi connectivity index (χ2n) is 2.29. The molecule has 0 amide bonds. The summed E-state index contributed by atoms with van der Waals surface area (Å²) in [5.74, 6) is 0. The van der Waals surface area contributed by atoms with E-state index in [-0.39, 0.29) is 5.69 Å². The molecule has 12 heavy (non-hydrogen) atoms. The van der Waals surface area contributed by atoms with Gasteiger partial charge >= 0.3 is 0 Å². The van der Waals surface area contributed by atoms with Crippen molar-refractivity contribution in [2.45, 2.75) is 6.92 Å². The van der Waals surface area contributed by atoms with Crippen LogP contribution in [0.15, 0.2) is 16.6 Å². The molecule has 0 saturated carbocycles. The van der Waals surface area contributed by atoms with E-state index in [0.717, 1.165) is 0 Å². The minimum atomic E-state index is -0.452. The van der Waals surface area contributed by atoms with Gasteiger partial charge in [-0.3, -0.25) is 10.1 Å². The molecule has 0 bridgehead atoms. The van der Waals surface area contributed by atoms with Crippen LogP contribution < -0.4 is 0 Å². The molecule has 0 atom stereocenters. The molecule has 0 unspecified atom stereocenters. The summed E-state index contributed by atoms with van der Waals surface area (Å²) < 4.78 is 0.616. The van der Waals surface area contributed by atoms with E-state index in [0.29, 0.717) is 15.1 Å². The predicted octanol–water partition coefficient (Wildman–Crippen LogP) is 3.32. The minimum Gasteiger partial charge on any atom is -0.258 e. The van der Waals surface area contributed by atoms with E-state index in [1.807, 2.05) is 0 Å². The standard InChI is InChI=1S/C7H5BrClNO2/c1-4-6(9)2-5(8)3-7(4)10(11)12/h2-3H,1H3. The van der Waals surface area contributed by atoms with Crippen molar-refractivity contribution < 1.29 is 4.92 Å². The first-order valence-electron chi connectivity index (χ1n) is 3.12. The summed E-state index contributed by atoms with van der Waals surface area (Å²) >= 11 is 8.86. The Balaban J connectivity index is 3.37. The van der Waals surface area contributed by atoms with Gasteiger partial charge in [-0.15, -0.1) is 0 Å². The zero-order chi connectivity index (χ0) is 9.30. The third-order valence-electron chi connectivity index (χ3n) is 1.48. The highest BCUT2D eigenvalue weighted by molar-refractivity contribution is 9.10. The van der Waals surface area contributed by atoms with Gasteiger partial charge in [0.25, 0.3) is 5.69 Å². The summed E-state index contributed by atoms with van der Waals surface area (Å²) in [6.45, 7) is 1.62. The average Bonchev–Trinajstić information content (AvgIpc) is 1.96. The topological polar surface area (TPSA) is 43.1 Å². The molecule has 64 valence electrons. The van der Waals surface area contributed by atoms with Crippen LogP contribution in [0.5, 0.6) is 0 Å². The normalized spacial score (nSPS) is 9.92. The Hall–Kier alpha value is -0.610. The van der Waals surface area contributed by atoms with Gasteiger partial charge in [-0.1, -0.05) is 27.5 Å². The highest BCUT2D eigenvalue weighted by atomic mass is 79.9. The smallest absolute Gasteiger partial charge is 0.258 e. The summed E-state index contributed by atoms with van der Waals surface area (Å²) in [5, 5.41) is 10.9. The van der Waals surface area contributed by atoms with E-state index in [9.17, 15) is 10.1 Å². The Morgan fingerprint density at radius 3 is 2.67 bits per heavy atom. The molecule has 1 aromatic rings. The van der Waals surface area contributed by atoms with Crippen molar-refractivity contribution >= 4 is 33.2 Å². The number of rotatable bonds is 1. The second-order valence-corrected chi connectivity index (χ2v) is 3.61. The van der Waals surface area contributed by atoms with E-state index in [4.69, 9.17) is 11.6 Å². The molecule has 0 N–H and O–H groups in total. The number of hydrogen-bond donors (Lipinski definition) is 0. The van der Waals surface area contributed by atoms with Gasteiger partial charge < -0.3 is 0 Å². The van der Waals surface area contributed by atoms with Gasteiger partial charge in [-0.2, -0.15) is 0 Å².